The number of hydrogen-bond acceptors (Lipinski definition) is 6. The molecule has 3 aromatic rings. The summed E-state index contributed by atoms with van der Waals surface area (Å²) in [5.41, 5.74) is -0.370. The van der Waals surface area contributed by atoms with Gasteiger partial charge in [0.2, 0.25) is 0 Å². The molecule has 12 heteroatoms. The molecule has 36 heavy (non-hydrogen) atoms. The van der Waals surface area contributed by atoms with Gasteiger partial charge < -0.3 is 15.2 Å². The van der Waals surface area contributed by atoms with Gasteiger partial charge in [-0.2, -0.15) is 13.2 Å². The molecule has 1 aromatic carbocycles. The molecule has 8 nitrogen and oxygen atoms in total. The summed E-state index contributed by atoms with van der Waals surface area (Å²) in [5, 5.41) is 12.7. The van der Waals surface area contributed by atoms with Crippen molar-refractivity contribution in [1.82, 2.24) is 14.5 Å². The number of nitrogens with zero attached hydrogens (tertiary/aromatic N) is 3. The van der Waals surface area contributed by atoms with E-state index >= 15 is 0 Å². The Hall–Kier alpha value is -3.18. The number of benzene rings is 1. The first-order valence-electron chi connectivity index (χ1n) is 11.3. The van der Waals surface area contributed by atoms with Crippen LogP contribution in [0.4, 0.5) is 18.9 Å². The molecule has 1 fully saturated rings. The van der Waals surface area contributed by atoms with E-state index in [0.717, 1.165) is 4.57 Å². The summed E-state index contributed by atoms with van der Waals surface area (Å²) in [6, 6.07) is 3.68. The minimum Gasteiger partial charge on any atom is -0.476 e. The number of aromatic carboxylic acids is 1. The van der Waals surface area contributed by atoms with Crippen LogP contribution in [0.3, 0.4) is 0 Å². The first-order chi connectivity index (χ1) is 16.9. The third-order valence-corrected chi connectivity index (χ3v) is 7.14. The highest BCUT2D eigenvalue weighted by Gasteiger charge is 2.57. The molecule has 1 spiro atoms. The van der Waals surface area contributed by atoms with Gasteiger partial charge in [-0.3, -0.25) is 9.36 Å². The van der Waals surface area contributed by atoms with Crippen LogP contribution in [0.1, 0.15) is 59.3 Å². The van der Waals surface area contributed by atoms with Crippen molar-refractivity contribution in [3.63, 3.8) is 0 Å². The number of hydrogen-bond donors (Lipinski definition) is 2. The SMILES string of the molecule is Cc1cc([C@@H](C)Nc2ccc(Cl)nc2C(=O)O)c2nc3n(c(=O)c2c1)[C@H](C(F)(F)F)C[C@]31CCOC1. The van der Waals surface area contributed by atoms with Crippen LogP contribution in [0.2, 0.25) is 5.15 Å². The van der Waals surface area contributed by atoms with Crippen LogP contribution in [0.25, 0.3) is 10.9 Å². The fourth-order valence-electron chi connectivity index (χ4n) is 5.26. The molecule has 2 N–H and O–H groups in total. The number of halogens is 4. The normalized spacial score (nSPS) is 22.2. The second-order valence-electron chi connectivity index (χ2n) is 9.41. The highest BCUT2D eigenvalue weighted by Crippen LogP contribution is 2.50. The molecule has 0 amide bonds. The molecule has 2 aliphatic heterocycles. The van der Waals surface area contributed by atoms with Crippen LogP contribution < -0.4 is 10.9 Å². The highest BCUT2D eigenvalue weighted by atomic mass is 35.5. The van der Waals surface area contributed by atoms with Gasteiger partial charge in [-0.15, -0.1) is 0 Å². The van der Waals surface area contributed by atoms with Gasteiger partial charge in [0.15, 0.2) is 5.69 Å². The number of nitrogens with one attached hydrogen (secondary N) is 1. The van der Waals surface area contributed by atoms with E-state index in [-0.39, 0.29) is 46.3 Å². The molecule has 2 aromatic heterocycles. The zero-order valence-electron chi connectivity index (χ0n) is 19.3. The lowest BCUT2D eigenvalue weighted by molar-refractivity contribution is -0.168. The average Bonchev–Trinajstić information content (AvgIpc) is 3.40. The molecule has 5 rings (SSSR count). The molecule has 1 saturated heterocycles. The Morgan fingerprint density at radius 3 is 2.72 bits per heavy atom. The first kappa shape index (κ1) is 24.5. The van der Waals surface area contributed by atoms with Gasteiger partial charge in [0.1, 0.15) is 17.0 Å². The molecule has 0 aliphatic carbocycles. The fraction of sp³-hybridized carbons (Fsp3) is 0.417. The van der Waals surface area contributed by atoms with E-state index in [1.807, 2.05) is 0 Å². The predicted molar refractivity (Wildman–Crippen MR) is 126 cm³/mol. The number of fused-ring (bicyclic) bond motifs is 3. The Kier molecular flexibility index (Phi) is 5.75. The van der Waals surface area contributed by atoms with Crippen LogP contribution in [0.5, 0.6) is 0 Å². The maximum Gasteiger partial charge on any atom is 0.409 e. The summed E-state index contributed by atoms with van der Waals surface area (Å²) >= 11 is 5.85. The minimum absolute atomic E-state index is 0.0140. The second-order valence-corrected chi connectivity index (χ2v) is 9.79. The first-order valence-corrected chi connectivity index (χ1v) is 11.7. The molecule has 0 radical (unpaired) electrons. The summed E-state index contributed by atoms with van der Waals surface area (Å²) in [7, 11) is 0. The van der Waals surface area contributed by atoms with E-state index < -0.39 is 35.2 Å². The number of aromatic nitrogens is 3. The summed E-state index contributed by atoms with van der Waals surface area (Å²) in [5.74, 6) is -1.20. The van der Waals surface area contributed by atoms with Crippen molar-refractivity contribution in [2.24, 2.45) is 0 Å². The van der Waals surface area contributed by atoms with Crippen LogP contribution in [0.15, 0.2) is 29.1 Å². The quantitative estimate of drug-likeness (QED) is 0.474. The maximum absolute atomic E-state index is 14.0. The van der Waals surface area contributed by atoms with E-state index in [2.05, 4.69) is 15.3 Å². The van der Waals surface area contributed by atoms with Gasteiger partial charge in [0.05, 0.1) is 34.7 Å². The summed E-state index contributed by atoms with van der Waals surface area (Å²) < 4.78 is 48.3. The molecule has 190 valence electrons. The maximum atomic E-state index is 14.0. The minimum atomic E-state index is -4.61. The highest BCUT2D eigenvalue weighted by molar-refractivity contribution is 6.29. The van der Waals surface area contributed by atoms with E-state index in [4.69, 9.17) is 16.3 Å². The van der Waals surface area contributed by atoms with Crippen molar-refractivity contribution >= 4 is 34.2 Å². The average molecular weight is 523 g/mol. The molecule has 0 bridgehead atoms. The summed E-state index contributed by atoms with van der Waals surface area (Å²) in [6.45, 7) is 3.82. The Morgan fingerprint density at radius 1 is 1.33 bits per heavy atom. The number of pyridine rings is 1. The molecule has 3 atom stereocenters. The molecule has 2 aliphatic rings. The van der Waals surface area contributed by atoms with Crippen molar-refractivity contribution in [2.45, 2.75) is 50.4 Å². The van der Waals surface area contributed by atoms with Gasteiger partial charge in [-0.1, -0.05) is 17.7 Å². The Morgan fingerprint density at radius 2 is 2.08 bits per heavy atom. The van der Waals surface area contributed by atoms with Gasteiger partial charge in [-0.25, -0.2) is 14.8 Å². The lowest BCUT2D eigenvalue weighted by atomic mass is 9.83. The fourth-order valence-corrected chi connectivity index (χ4v) is 5.41. The lowest BCUT2D eigenvalue weighted by Crippen LogP contribution is -2.33. The second kappa shape index (κ2) is 8.45. The number of carboxylic acids is 1. The number of anilines is 1. The molecular formula is C24H22ClF3N4O4. The zero-order valence-corrected chi connectivity index (χ0v) is 20.1. The van der Waals surface area contributed by atoms with E-state index in [0.29, 0.717) is 24.2 Å². The monoisotopic (exact) mass is 522 g/mol. The number of carboxylic acid groups (broad SMARTS) is 1. The van der Waals surface area contributed by atoms with E-state index in [9.17, 15) is 27.9 Å². The zero-order chi connectivity index (χ0) is 26.0. The Bertz CT molecular complexity index is 1450. The van der Waals surface area contributed by atoms with E-state index in [1.54, 1.807) is 19.9 Å². The van der Waals surface area contributed by atoms with Crippen molar-refractivity contribution in [2.75, 3.05) is 18.5 Å². The molecule has 0 saturated carbocycles. The summed E-state index contributed by atoms with van der Waals surface area (Å²) in [6.07, 6.45) is -4.57. The third-order valence-electron chi connectivity index (χ3n) is 6.93. The number of carbonyl (C=O) groups is 1. The number of rotatable bonds is 4. The van der Waals surface area contributed by atoms with Crippen LogP contribution in [-0.2, 0) is 10.2 Å². The van der Waals surface area contributed by atoms with Crippen LogP contribution >= 0.6 is 11.6 Å². The van der Waals surface area contributed by atoms with Crippen molar-refractivity contribution in [1.29, 1.82) is 0 Å². The van der Waals surface area contributed by atoms with Crippen molar-refractivity contribution < 1.29 is 27.8 Å². The molecule has 0 unspecified atom stereocenters. The van der Waals surface area contributed by atoms with Crippen LogP contribution in [-0.4, -0.2) is 45.0 Å². The number of ether oxygens (including phenoxy) is 1. The Balaban J connectivity index is 1.69. The number of aryl methyl sites for hydroxylation is 1. The molecular weight excluding hydrogens is 501 g/mol. The van der Waals surface area contributed by atoms with Gasteiger partial charge in [0.25, 0.3) is 5.56 Å². The largest absolute Gasteiger partial charge is 0.476 e. The summed E-state index contributed by atoms with van der Waals surface area (Å²) in [4.78, 5) is 33.7. The number of alkyl halides is 3. The van der Waals surface area contributed by atoms with Gasteiger partial charge in [-0.05, 0) is 50.5 Å². The Labute approximate surface area is 208 Å². The third kappa shape index (κ3) is 3.90. The predicted octanol–water partition coefficient (Wildman–Crippen LogP) is 4.79. The topological polar surface area (TPSA) is 106 Å². The standard InChI is InChI=1S/C24H22ClF3N4O4/c1-11-7-13(12(2)29-15-3-4-17(25)30-19(15)21(34)35)18-14(8-11)20(33)32-16(24(26,27)28)9-23(22(32)31-18)5-6-36-10-23/h3-4,7-8,12,16,29H,5-6,9-10H2,1-2H3,(H,34,35)/t12-,16+,23+/m1/s1. The smallest absolute Gasteiger partial charge is 0.409 e. The van der Waals surface area contributed by atoms with Gasteiger partial charge in [0, 0.05) is 12.2 Å². The van der Waals surface area contributed by atoms with Crippen molar-refractivity contribution in [3.8, 4) is 0 Å². The van der Waals surface area contributed by atoms with Crippen molar-refractivity contribution in [3.05, 3.63) is 62.4 Å². The van der Waals surface area contributed by atoms with E-state index in [1.165, 1.54) is 18.2 Å². The molecule has 4 heterocycles. The van der Waals surface area contributed by atoms with Crippen LogP contribution in [0, 0.1) is 6.92 Å². The van der Waals surface area contributed by atoms with Gasteiger partial charge >= 0.3 is 12.1 Å². The lowest BCUT2D eigenvalue weighted by Gasteiger charge is -2.22.